The number of ether oxygens (including phenoxy) is 2. The third-order valence-electron chi connectivity index (χ3n) is 3.80. The Bertz CT molecular complexity index is 1060. The van der Waals surface area contributed by atoms with E-state index in [1.54, 1.807) is 6.07 Å². The van der Waals surface area contributed by atoms with E-state index in [-0.39, 0.29) is 22.8 Å². The second-order valence-corrected chi connectivity index (χ2v) is 7.95. The van der Waals surface area contributed by atoms with Crippen LogP contribution in [0.5, 0.6) is 11.5 Å². The third-order valence-corrected chi connectivity index (χ3v) is 5.42. The summed E-state index contributed by atoms with van der Waals surface area (Å²) in [7, 11) is -1.21. The molecule has 2 rings (SSSR count). The number of carbonyl (C=O) groups is 1. The quantitative estimate of drug-likeness (QED) is 0.481. The first kappa shape index (κ1) is 22.4. The molecule has 2 N–H and O–H groups in total. The number of methoxy groups -OCH3 is 2. The smallest absolute Gasteiger partial charge is 0.303 e. The second-order valence-electron chi connectivity index (χ2n) is 5.86. The van der Waals surface area contributed by atoms with Crippen molar-refractivity contribution in [2.45, 2.75) is 24.2 Å². The van der Waals surface area contributed by atoms with E-state index in [2.05, 4.69) is 16.6 Å². The average Bonchev–Trinajstić information content (AvgIpc) is 2.68. The average molecular weight is 438 g/mol. The summed E-state index contributed by atoms with van der Waals surface area (Å²) in [5, 5.41) is 9.06. The van der Waals surface area contributed by atoms with Crippen LogP contribution in [-0.2, 0) is 14.8 Å². The van der Waals surface area contributed by atoms with Crippen LogP contribution in [0.15, 0.2) is 41.3 Å². The zero-order valence-corrected chi connectivity index (χ0v) is 17.4. The number of aliphatic carboxylic acids is 1. The van der Waals surface area contributed by atoms with Gasteiger partial charge in [0.25, 0.3) is 10.0 Å². The molecule has 0 saturated heterocycles. The summed E-state index contributed by atoms with van der Waals surface area (Å²) < 4.78 is 38.6. The Labute approximate surface area is 174 Å². The molecule has 0 spiro atoms. The summed E-state index contributed by atoms with van der Waals surface area (Å²) in [6.07, 6.45) is 0.763. The topological polar surface area (TPSA) is 102 Å². The van der Waals surface area contributed by atoms with Crippen molar-refractivity contribution in [2.24, 2.45) is 0 Å². The van der Waals surface area contributed by atoms with Crippen molar-refractivity contribution >= 4 is 33.3 Å². The van der Waals surface area contributed by atoms with Crippen LogP contribution in [-0.4, -0.2) is 33.7 Å². The maximum atomic E-state index is 12.9. The van der Waals surface area contributed by atoms with Gasteiger partial charge in [0, 0.05) is 23.9 Å². The molecule has 0 atom stereocenters. The Hall–Kier alpha value is -2.89. The van der Waals surface area contributed by atoms with Crippen LogP contribution >= 0.6 is 11.6 Å². The lowest BCUT2D eigenvalue weighted by Crippen LogP contribution is -2.15. The van der Waals surface area contributed by atoms with E-state index in [4.69, 9.17) is 26.2 Å². The van der Waals surface area contributed by atoms with Crippen molar-refractivity contribution in [3.05, 3.63) is 47.0 Å². The van der Waals surface area contributed by atoms with Gasteiger partial charge in [-0.15, -0.1) is 0 Å². The van der Waals surface area contributed by atoms with Crippen molar-refractivity contribution in [3.8, 4) is 23.3 Å². The molecule has 0 fully saturated rings. The van der Waals surface area contributed by atoms with Gasteiger partial charge in [0.2, 0.25) is 0 Å². The number of hydrogen-bond donors (Lipinski definition) is 2. The van der Waals surface area contributed by atoms with Gasteiger partial charge in [-0.05, 0) is 36.8 Å². The van der Waals surface area contributed by atoms with E-state index in [9.17, 15) is 13.2 Å². The van der Waals surface area contributed by atoms with Gasteiger partial charge in [-0.3, -0.25) is 9.52 Å². The largest absolute Gasteiger partial charge is 0.497 e. The normalized spacial score (nSPS) is 10.6. The van der Waals surface area contributed by atoms with Gasteiger partial charge in [-0.25, -0.2) is 8.42 Å². The minimum Gasteiger partial charge on any atom is -0.497 e. The molecule has 0 aliphatic heterocycles. The highest BCUT2D eigenvalue weighted by atomic mass is 35.5. The number of rotatable bonds is 8. The van der Waals surface area contributed by atoms with Crippen molar-refractivity contribution in [2.75, 3.05) is 18.9 Å². The van der Waals surface area contributed by atoms with Crippen LogP contribution in [0.3, 0.4) is 0 Å². The van der Waals surface area contributed by atoms with E-state index < -0.39 is 16.0 Å². The molecule has 7 nitrogen and oxygen atoms in total. The molecule has 0 radical (unpaired) electrons. The molecule has 0 aromatic heterocycles. The van der Waals surface area contributed by atoms with E-state index in [1.165, 1.54) is 44.6 Å². The Morgan fingerprint density at radius 1 is 1.17 bits per heavy atom. The van der Waals surface area contributed by atoms with E-state index in [0.717, 1.165) is 0 Å². The highest BCUT2D eigenvalue weighted by molar-refractivity contribution is 7.92. The standard InChI is InChI=1S/C20H20ClNO6S/c1-27-16-9-11-18(28-2)19(13-16)29(25,26)22-17-10-8-15(21)12-14(17)6-4-3-5-7-20(23)24/h8-13,22H,3,5,7H2,1-2H3,(H,23,24). The van der Waals surface area contributed by atoms with Gasteiger partial charge in [0.05, 0.1) is 25.5 Å². The van der Waals surface area contributed by atoms with Gasteiger partial charge in [0.1, 0.15) is 16.4 Å². The lowest BCUT2D eigenvalue weighted by molar-refractivity contribution is -0.137. The van der Waals surface area contributed by atoms with Gasteiger partial charge in [-0.1, -0.05) is 23.4 Å². The number of sulfonamides is 1. The van der Waals surface area contributed by atoms with Gasteiger partial charge in [0.15, 0.2) is 0 Å². The number of hydrogen-bond acceptors (Lipinski definition) is 5. The predicted molar refractivity (Wildman–Crippen MR) is 110 cm³/mol. The fourth-order valence-corrected chi connectivity index (χ4v) is 3.83. The molecular formula is C20H20ClNO6S. The molecule has 2 aromatic rings. The first-order valence-corrected chi connectivity index (χ1v) is 10.4. The number of unbranched alkanes of at least 4 members (excludes halogenated alkanes) is 1. The van der Waals surface area contributed by atoms with Crippen LogP contribution in [0.25, 0.3) is 0 Å². The summed E-state index contributed by atoms with van der Waals surface area (Å²) in [6.45, 7) is 0. The monoisotopic (exact) mass is 437 g/mol. The van der Waals surface area contributed by atoms with Crippen molar-refractivity contribution in [1.29, 1.82) is 0 Å². The molecule has 0 amide bonds. The maximum absolute atomic E-state index is 12.9. The Morgan fingerprint density at radius 3 is 2.59 bits per heavy atom. The minimum atomic E-state index is -4.01. The molecule has 0 heterocycles. The third kappa shape index (κ3) is 6.31. The van der Waals surface area contributed by atoms with Crippen LogP contribution in [0.2, 0.25) is 5.02 Å². The zero-order valence-electron chi connectivity index (χ0n) is 15.9. The Morgan fingerprint density at radius 2 is 1.93 bits per heavy atom. The van der Waals surface area contributed by atoms with Crippen molar-refractivity contribution in [1.82, 2.24) is 0 Å². The first-order valence-electron chi connectivity index (χ1n) is 8.52. The van der Waals surface area contributed by atoms with E-state index in [1.807, 2.05) is 0 Å². The molecule has 0 unspecified atom stereocenters. The maximum Gasteiger partial charge on any atom is 0.303 e. The molecule has 0 aliphatic rings. The van der Waals surface area contributed by atoms with Crippen LogP contribution in [0, 0.1) is 11.8 Å². The fraction of sp³-hybridized carbons (Fsp3) is 0.250. The van der Waals surface area contributed by atoms with Crippen LogP contribution < -0.4 is 14.2 Å². The number of carboxylic acid groups (broad SMARTS) is 1. The highest BCUT2D eigenvalue weighted by Gasteiger charge is 2.22. The zero-order chi connectivity index (χ0) is 21.4. The predicted octanol–water partition coefficient (Wildman–Crippen LogP) is 3.76. The number of halogens is 1. The van der Waals surface area contributed by atoms with Gasteiger partial charge < -0.3 is 14.6 Å². The minimum absolute atomic E-state index is 0.0132. The van der Waals surface area contributed by atoms with Crippen molar-refractivity contribution < 1.29 is 27.8 Å². The van der Waals surface area contributed by atoms with Gasteiger partial charge in [-0.2, -0.15) is 0 Å². The number of carboxylic acids is 1. The summed E-state index contributed by atoms with van der Waals surface area (Å²) in [4.78, 5) is 10.5. The number of benzene rings is 2. The fourth-order valence-electron chi connectivity index (χ4n) is 2.39. The Kier molecular flexibility index (Phi) is 7.76. The van der Waals surface area contributed by atoms with Crippen LogP contribution in [0.4, 0.5) is 5.69 Å². The number of nitrogens with one attached hydrogen (secondary N) is 1. The molecule has 0 bridgehead atoms. The summed E-state index contributed by atoms with van der Waals surface area (Å²) >= 11 is 6.01. The summed E-state index contributed by atoms with van der Waals surface area (Å²) in [5.41, 5.74) is 0.614. The molecule has 0 saturated carbocycles. The lowest BCUT2D eigenvalue weighted by Gasteiger charge is -2.14. The van der Waals surface area contributed by atoms with E-state index in [0.29, 0.717) is 29.2 Å². The first-order chi connectivity index (χ1) is 13.8. The van der Waals surface area contributed by atoms with Gasteiger partial charge >= 0.3 is 5.97 Å². The van der Waals surface area contributed by atoms with Crippen molar-refractivity contribution in [3.63, 3.8) is 0 Å². The Balaban J connectivity index is 2.34. The highest BCUT2D eigenvalue weighted by Crippen LogP contribution is 2.31. The molecule has 2 aromatic carbocycles. The lowest BCUT2D eigenvalue weighted by atomic mass is 10.1. The number of anilines is 1. The summed E-state index contributed by atoms with van der Waals surface area (Å²) in [6, 6.07) is 9.03. The SMILES string of the molecule is COc1ccc(OC)c(S(=O)(=O)Nc2ccc(Cl)cc2C#CCCCC(=O)O)c1. The molecule has 9 heteroatoms. The summed E-state index contributed by atoms with van der Waals surface area (Å²) in [5.74, 6) is 5.31. The molecule has 154 valence electrons. The molecule has 0 aliphatic carbocycles. The van der Waals surface area contributed by atoms with Crippen LogP contribution in [0.1, 0.15) is 24.8 Å². The van der Waals surface area contributed by atoms with E-state index >= 15 is 0 Å². The molecular weight excluding hydrogens is 418 g/mol. The second kappa shape index (κ2) is 10.0. The molecule has 29 heavy (non-hydrogen) atoms.